The van der Waals surface area contributed by atoms with Gasteiger partial charge in [0.25, 0.3) is 5.91 Å². The minimum absolute atomic E-state index is 0.0142. The third-order valence-electron chi connectivity index (χ3n) is 5.01. The van der Waals surface area contributed by atoms with Gasteiger partial charge in [-0.2, -0.15) is 0 Å². The third kappa shape index (κ3) is 4.91. The van der Waals surface area contributed by atoms with Gasteiger partial charge in [-0.1, -0.05) is 12.1 Å². The molecule has 0 unspecified atom stereocenters. The molecule has 1 aliphatic rings. The van der Waals surface area contributed by atoms with Crippen LogP contribution in [-0.2, 0) is 17.9 Å². The van der Waals surface area contributed by atoms with Crippen molar-refractivity contribution in [1.82, 2.24) is 9.80 Å². The second-order valence-corrected chi connectivity index (χ2v) is 8.47. The molecular formula is C23H24N2O5S. The van der Waals surface area contributed by atoms with Gasteiger partial charge >= 0.3 is 0 Å². The minimum atomic E-state index is -0.160. The molecule has 8 heteroatoms. The zero-order valence-corrected chi connectivity index (χ0v) is 18.3. The SMILES string of the molecule is CC(C)N(CC(=O)N(Cc1ccc2c(c1)OCO2)Cc1ccco1)C(=O)c1cccs1. The Kier molecular flexibility index (Phi) is 6.27. The summed E-state index contributed by atoms with van der Waals surface area (Å²) >= 11 is 1.37. The smallest absolute Gasteiger partial charge is 0.264 e. The van der Waals surface area contributed by atoms with E-state index in [-0.39, 0.29) is 31.2 Å². The van der Waals surface area contributed by atoms with Crippen LogP contribution in [0, 0.1) is 0 Å². The Balaban J connectivity index is 1.53. The predicted molar refractivity (Wildman–Crippen MR) is 116 cm³/mol. The first-order valence-electron chi connectivity index (χ1n) is 10.0. The monoisotopic (exact) mass is 440 g/mol. The summed E-state index contributed by atoms with van der Waals surface area (Å²) < 4.78 is 16.3. The van der Waals surface area contributed by atoms with Crippen molar-refractivity contribution in [3.8, 4) is 11.5 Å². The number of ether oxygens (including phenoxy) is 2. The number of hydrogen-bond donors (Lipinski definition) is 0. The van der Waals surface area contributed by atoms with Gasteiger partial charge in [0.2, 0.25) is 12.7 Å². The van der Waals surface area contributed by atoms with E-state index in [9.17, 15) is 9.59 Å². The van der Waals surface area contributed by atoms with Crippen LogP contribution in [-0.4, -0.2) is 41.0 Å². The molecule has 0 aliphatic carbocycles. The van der Waals surface area contributed by atoms with Crippen molar-refractivity contribution in [2.24, 2.45) is 0 Å². The number of furan rings is 1. The van der Waals surface area contributed by atoms with Gasteiger partial charge in [-0.25, -0.2) is 0 Å². The molecule has 1 aromatic carbocycles. The first-order chi connectivity index (χ1) is 15.0. The molecule has 3 heterocycles. The fourth-order valence-electron chi connectivity index (χ4n) is 3.36. The van der Waals surface area contributed by atoms with E-state index in [1.54, 1.807) is 28.2 Å². The third-order valence-corrected chi connectivity index (χ3v) is 5.87. The molecule has 0 atom stereocenters. The summed E-state index contributed by atoms with van der Waals surface area (Å²) in [6, 6.07) is 12.7. The number of benzene rings is 1. The van der Waals surface area contributed by atoms with Gasteiger partial charge in [-0.05, 0) is 55.1 Å². The van der Waals surface area contributed by atoms with Crippen molar-refractivity contribution in [3.05, 3.63) is 70.3 Å². The summed E-state index contributed by atoms with van der Waals surface area (Å²) in [5.41, 5.74) is 0.907. The first-order valence-corrected chi connectivity index (χ1v) is 10.9. The second-order valence-electron chi connectivity index (χ2n) is 7.52. The summed E-state index contributed by atoms with van der Waals surface area (Å²) in [5, 5.41) is 1.86. The summed E-state index contributed by atoms with van der Waals surface area (Å²) in [6.07, 6.45) is 1.58. The molecule has 162 valence electrons. The van der Waals surface area contributed by atoms with Gasteiger partial charge in [0.15, 0.2) is 11.5 Å². The lowest BCUT2D eigenvalue weighted by Crippen LogP contribution is -2.45. The number of amides is 2. The highest BCUT2D eigenvalue weighted by Gasteiger charge is 2.26. The van der Waals surface area contributed by atoms with Gasteiger partial charge in [-0.15, -0.1) is 11.3 Å². The van der Waals surface area contributed by atoms with E-state index in [1.165, 1.54) is 11.3 Å². The maximum atomic E-state index is 13.3. The van der Waals surface area contributed by atoms with E-state index < -0.39 is 0 Å². The van der Waals surface area contributed by atoms with Crippen LogP contribution in [0.25, 0.3) is 0 Å². The van der Waals surface area contributed by atoms with Crippen LogP contribution in [0.5, 0.6) is 11.5 Å². The summed E-state index contributed by atoms with van der Waals surface area (Å²) in [6.45, 7) is 4.66. The van der Waals surface area contributed by atoms with E-state index in [0.29, 0.717) is 35.2 Å². The Hall–Kier alpha value is -3.26. The van der Waals surface area contributed by atoms with Crippen molar-refractivity contribution in [3.63, 3.8) is 0 Å². The standard InChI is InChI=1S/C23H24N2O5S/c1-16(2)25(23(27)21-6-4-10-31-21)14-22(26)24(13-18-5-3-9-28-18)12-17-7-8-19-20(11-17)30-15-29-19/h3-11,16H,12-15H2,1-2H3. The zero-order valence-electron chi connectivity index (χ0n) is 17.4. The maximum Gasteiger partial charge on any atom is 0.264 e. The first kappa shape index (κ1) is 21.0. The second kappa shape index (κ2) is 9.26. The van der Waals surface area contributed by atoms with Crippen molar-refractivity contribution in [1.29, 1.82) is 0 Å². The van der Waals surface area contributed by atoms with Crippen LogP contribution in [0.15, 0.2) is 58.5 Å². The molecule has 1 aliphatic heterocycles. The van der Waals surface area contributed by atoms with Crippen molar-refractivity contribution in [2.75, 3.05) is 13.3 Å². The molecule has 0 fully saturated rings. The molecule has 4 rings (SSSR count). The van der Waals surface area contributed by atoms with E-state index in [4.69, 9.17) is 13.9 Å². The van der Waals surface area contributed by atoms with Gasteiger partial charge < -0.3 is 23.7 Å². The Labute approximate surface area is 184 Å². The number of rotatable bonds is 8. The van der Waals surface area contributed by atoms with Crippen LogP contribution in [0.1, 0.15) is 34.8 Å². The highest BCUT2D eigenvalue weighted by Crippen LogP contribution is 2.33. The quantitative estimate of drug-likeness (QED) is 0.526. The Morgan fingerprint density at radius 2 is 1.90 bits per heavy atom. The molecule has 0 radical (unpaired) electrons. The van der Waals surface area contributed by atoms with Crippen molar-refractivity contribution >= 4 is 23.2 Å². The highest BCUT2D eigenvalue weighted by molar-refractivity contribution is 7.12. The number of fused-ring (bicyclic) bond motifs is 1. The normalized spacial score (nSPS) is 12.2. The molecule has 2 aromatic heterocycles. The van der Waals surface area contributed by atoms with E-state index in [2.05, 4.69) is 0 Å². The topological polar surface area (TPSA) is 72.2 Å². The van der Waals surface area contributed by atoms with Gasteiger partial charge in [0.1, 0.15) is 12.3 Å². The van der Waals surface area contributed by atoms with Crippen LogP contribution in [0.2, 0.25) is 0 Å². The molecular weight excluding hydrogens is 416 g/mol. The van der Waals surface area contributed by atoms with Crippen molar-refractivity contribution < 1.29 is 23.5 Å². The largest absolute Gasteiger partial charge is 0.467 e. The maximum absolute atomic E-state index is 13.3. The lowest BCUT2D eigenvalue weighted by Gasteiger charge is -2.29. The fraction of sp³-hybridized carbons (Fsp3) is 0.304. The summed E-state index contributed by atoms with van der Waals surface area (Å²) in [4.78, 5) is 30.2. The summed E-state index contributed by atoms with van der Waals surface area (Å²) in [7, 11) is 0. The highest BCUT2D eigenvalue weighted by atomic mass is 32.1. The number of nitrogens with zero attached hydrogens (tertiary/aromatic N) is 2. The lowest BCUT2D eigenvalue weighted by molar-refractivity contribution is -0.133. The number of hydrogen-bond acceptors (Lipinski definition) is 6. The molecule has 3 aromatic rings. The number of carbonyl (C=O) groups excluding carboxylic acids is 2. The molecule has 0 N–H and O–H groups in total. The number of carbonyl (C=O) groups is 2. The fourth-order valence-corrected chi connectivity index (χ4v) is 4.04. The average Bonchev–Trinajstić information content (AvgIpc) is 3.53. The van der Waals surface area contributed by atoms with Crippen molar-refractivity contribution in [2.45, 2.75) is 33.0 Å². The van der Waals surface area contributed by atoms with Crippen LogP contribution >= 0.6 is 11.3 Å². The average molecular weight is 441 g/mol. The lowest BCUT2D eigenvalue weighted by atomic mass is 10.1. The van der Waals surface area contributed by atoms with Gasteiger partial charge in [-0.3, -0.25) is 9.59 Å². The number of thiophene rings is 1. The van der Waals surface area contributed by atoms with E-state index in [0.717, 1.165) is 5.56 Å². The van der Waals surface area contributed by atoms with E-state index >= 15 is 0 Å². The van der Waals surface area contributed by atoms with Gasteiger partial charge in [0, 0.05) is 12.6 Å². The molecule has 0 saturated heterocycles. The molecule has 0 saturated carbocycles. The van der Waals surface area contributed by atoms with Gasteiger partial charge in [0.05, 0.1) is 17.7 Å². The van der Waals surface area contributed by atoms with E-state index in [1.807, 2.05) is 49.6 Å². The Bertz CT molecular complexity index is 1030. The van der Waals surface area contributed by atoms with Crippen LogP contribution in [0.4, 0.5) is 0 Å². The Morgan fingerprint density at radius 1 is 1.06 bits per heavy atom. The molecule has 31 heavy (non-hydrogen) atoms. The zero-order chi connectivity index (χ0) is 21.8. The summed E-state index contributed by atoms with van der Waals surface area (Å²) in [5.74, 6) is 1.74. The predicted octanol–water partition coefficient (Wildman–Crippen LogP) is 4.15. The molecule has 0 bridgehead atoms. The minimum Gasteiger partial charge on any atom is -0.467 e. The van der Waals surface area contributed by atoms with Crippen LogP contribution < -0.4 is 9.47 Å². The molecule has 0 spiro atoms. The van der Waals surface area contributed by atoms with Crippen LogP contribution in [0.3, 0.4) is 0 Å². The molecule has 2 amide bonds. The Morgan fingerprint density at radius 3 is 2.61 bits per heavy atom. The molecule has 7 nitrogen and oxygen atoms in total.